The molecule has 1 unspecified atom stereocenters. The van der Waals surface area contributed by atoms with E-state index in [9.17, 15) is 4.79 Å². The zero-order valence-corrected chi connectivity index (χ0v) is 11.8. The maximum Gasteiger partial charge on any atom is 0.249 e. The molecular formula is C11H10BrClN4O. The normalized spacial score (nSPS) is 12.2. The van der Waals surface area contributed by atoms with Crippen LogP contribution < -0.4 is 5.32 Å². The Labute approximate surface area is 117 Å². The summed E-state index contributed by atoms with van der Waals surface area (Å²) in [5, 5.41) is 7.30. The first-order chi connectivity index (χ1) is 8.58. The number of nitrogens with one attached hydrogen (secondary N) is 1. The number of benzene rings is 1. The van der Waals surface area contributed by atoms with Gasteiger partial charge < -0.3 is 5.32 Å². The quantitative estimate of drug-likeness (QED) is 0.942. The lowest BCUT2D eigenvalue weighted by Gasteiger charge is -2.12. The second-order valence-electron chi connectivity index (χ2n) is 3.67. The zero-order chi connectivity index (χ0) is 13.1. The van der Waals surface area contributed by atoms with Crippen molar-refractivity contribution < 1.29 is 4.79 Å². The predicted molar refractivity (Wildman–Crippen MR) is 72.5 cm³/mol. The van der Waals surface area contributed by atoms with E-state index in [0.29, 0.717) is 10.7 Å². The van der Waals surface area contributed by atoms with E-state index in [1.165, 1.54) is 17.3 Å². The average Bonchev–Trinajstić information content (AvgIpc) is 2.86. The Morgan fingerprint density at radius 1 is 1.56 bits per heavy atom. The summed E-state index contributed by atoms with van der Waals surface area (Å²) in [6.45, 7) is 1.75. The third-order valence-electron chi connectivity index (χ3n) is 2.40. The highest BCUT2D eigenvalue weighted by Crippen LogP contribution is 2.25. The minimum absolute atomic E-state index is 0.172. The van der Waals surface area contributed by atoms with Crippen LogP contribution in [0.25, 0.3) is 0 Å². The van der Waals surface area contributed by atoms with Gasteiger partial charge in [-0.25, -0.2) is 9.67 Å². The molecule has 0 bridgehead atoms. The molecule has 0 aliphatic rings. The lowest BCUT2D eigenvalue weighted by Crippen LogP contribution is -2.24. The minimum atomic E-state index is -0.429. The van der Waals surface area contributed by atoms with Crippen LogP contribution in [-0.2, 0) is 4.79 Å². The Hall–Kier alpha value is -1.40. The SMILES string of the molecule is CC(C(=O)Nc1ccc(Cl)c(Br)c1)n1cncn1. The van der Waals surface area contributed by atoms with Gasteiger partial charge in [0.05, 0.1) is 5.02 Å². The molecule has 1 aromatic carbocycles. The molecule has 0 saturated carbocycles. The number of carbonyl (C=O) groups excluding carboxylic acids is 1. The summed E-state index contributed by atoms with van der Waals surface area (Å²) in [6, 6.07) is 4.76. The summed E-state index contributed by atoms with van der Waals surface area (Å²) < 4.78 is 2.22. The van der Waals surface area contributed by atoms with Crippen LogP contribution in [0.5, 0.6) is 0 Å². The summed E-state index contributed by atoms with van der Waals surface area (Å²) in [6.07, 6.45) is 2.89. The van der Waals surface area contributed by atoms with E-state index in [4.69, 9.17) is 11.6 Å². The summed E-state index contributed by atoms with van der Waals surface area (Å²) >= 11 is 9.18. The van der Waals surface area contributed by atoms with E-state index in [-0.39, 0.29) is 5.91 Å². The topological polar surface area (TPSA) is 59.8 Å². The molecule has 1 N–H and O–H groups in total. The van der Waals surface area contributed by atoms with Crippen molar-refractivity contribution in [2.24, 2.45) is 0 Å². The van der Waals surface area contributed by atoms with Crippen molar-refractivity contribution >= 4 is 39.1 Å². The van der Waals surface area contributed by atoms with Crippen molar-refractivity contribution in [3.8, 4) is 0 Å². The van der Waals surface area contributed by atoms with Crippen molar-refractivity contribution in [2.45, 2.75) is 13.0 Å². The summed E-state index contributed by atoms with van der Waals surface area (Å²) in [5.74, 6) is -0.172. The standard InChI is InChI=1S/C11H10BrClN4O/c1-7(17-6-14-5-15-17)11(18)16-8-2-3-10(13)9(12)4-8/h2-7H,1H3,(H,16,18). The van der Waals surface area contributed by atoms with E-state index in [1.54, 1.807) is 25.1 Å². The Morgan fingerprint density at radius 2 is 2.33 bits per heavy atom. The van der Waals surface area contributed by atoms with Crippen LogP contribution in [0.15, 0.2) is 35.3 Å². The zero-order valence-electron chi connectivity index (χ0n) is 9.47. The van der Waals surface area contributed by atoms with Crippen LogP contribution in [0.2, 0.25) is 5.02 Å². The molecule has 18 heavy (non-hydrogen) atoms. The number of halogens is 2. The van der Waals surface area contributed by atoms with Gasteiger partial charge in [0.15, 0.2) is 0 Å². The predicted octanol–water partition coefficient (Wildman–Crippen LogP) is 2.89. The minimum Gasteiger partial charge on any atom is -0.324 e. The van der Waals surface area contributed by atoms with Gasteiger partial charge in [-0.3, -0.25) is 4.79 Å². The van der Waals surface area contributed by atoms with E-state index < -0.39 is 6.04 Å². The third-order valence-corrected chi connectivity index (χ3v) is 3.61. The molecule has 0 aliphatic heterocycles. The smallest absolute Gasteiger partial charge is 0.249 e. The average molecular weight is 330 g/mol. The first-order valence-corrected chi connectivity index (χ1v) is 6.35. The Morgan fingerprint density at radius 3 is 2.94 bits per heavy atom. The lowest BCUT2D eigenvalue weighted by molar-refractivity contribution is -0.119. The maximum atomic E-state index is 12.0. The highest BCUT2D eigenvalue weighted by molar-refractivity contribution is 9.10. The van der Waals surface area contributed by atoms with Crippen LogP contribution >= 0.6 is 27.5 Å². The lowest BCUT2D eigenvalue weighted by atomic mass is 10.3. The maximum absolute atomic E-state index is 12.0. The number of hydrogen-bond acceptors (Lipinski definition) is 3. The number of rotatable bonds is 3. The van der Waals surface area contributed by atoms with Crippen LogP contribution in [0.4, 0.5) is 5.69 Å². The molecule has 5 nitrogen and oxygen atoms in total. The van der Waals surface area contributed by atoms with Gasteiger partial charge in [-0.05, 0) is 41.1 Å². The molecule has 0 aliphatic carbocycles. The fourth-order valence-corrected chi connectivity index (χ4v) is 1.85. The number of aromatic nitrogens is 3. The fourth-order valence-electron chi connectivity index (χ4n) is 1.36. The second-order valence-corrected chi connectivity index (χ2v) is 4.93. The Bertz CT molecular complexity index is 558. The van der Waals surface area contributed by atoms with Crippen LogP contribution in [0.1, 0.15) is 13.0 Å². The molecule has 94 valence electrons. The number of anilines is 1. The van der Waals surface area contributed by atoms with E-state index >= 15 is 0 Å². The first kappa shape index (κ1) is 13.0. The molecule has 1 atom stereocenters. The molecule has 0 radical (unpaired) electrons. The first-order valence-electron chi connectivity index (χ1n) is 5.18. The van der Waals surface area contributed by atoms with Gasteiger partial charge in [0.25, 0.3) is 0 Å². The van der Waals surface area contributed by atoms with E-state index in [2.05, 4.69) is 31.3 Å². The number of hydrogen-bond donors (Lipinski definition) is 1. The van der Waals surface area contributed by atoms with E-state index in [0.717, 1.165) is 4.47 Å². The molecular weight excluding hydrogens is 320 g/mol. The van der Waals surface area contributed by atoms with Crippen LogP contribution in [0.3, 0.4) is 0 Å². The molecule has 0 fully saturated rings. The summed E-state index contributed by atoms with van der Waals surface area (Å²) in [5.41, 5.74) is 0.670. The van der Waals surface area contributed by atoms with Crippen LogP contribution in [0, 0.1) is 0 Å². The highest BCUT2D eigenvalue weighted by Gasteiger charge is 2.15. The van der Waals surface area contributed by atoms with Crippen molar-refractivity contribution in [1.82, 2.24) is 14.8 Å². The fraction of sp³-hybridized carbons (Fsp3) is 0.182. The second kappa shape index (κ2) is 5.49. The third kappa shape index (κ3) is 2.88. The van der Waals surface area contributed by atoms with Crippen molar-refractivity contribution in [2.75, 3.05) is 5.32 Å². The van der Waals surface area contributed by atoms with Gasteiger partial charge >= 0.3 is 0 Å². The molecule has 1 heterocycles. The Balaban J connectivity index is 2.09. The monoisotopic (exact) mass is 328 g/mol. The van der Waals surface area contributed by atoms with Crippen molar-refractivity contribution in [1.29, 1.82) is 0 Å². The molecule has 0 spiro atoms. The summed E-state index contributed by atoms with van der Waals surface area (Å²) in [7, 11) is 0. The molecule has 2 aromatic rings. The molecule has 0 saturated heterocycles. The summed E-state index contributed by atoms with van der Waals surface area (Å²) in [4.78, 5) is 15.8. The highest BCUT2D eigenvalue weighted by atomic mass is 79.9. The van der Waals surface area contributed by atoms with Gasteiger partial charge in [0, 0.05) is 10.2 Å². The largest absolute Gasteiger partial charge is 0.324 e. The molecule has 1 amide bonds. The van der Waals surface area contributed by atoms with Crippen molar-refractivity contribution in [3.05, 3.63) is 40.3 Å². The molecule has 1 aromatic heterocycles. The number of amides is 1. The van der Waals surface area contributed by atoms with Gasteiger partial charge in [-0.15, -0.1) is 0 Å². The molecule has 7 heteroatoms. The molecule has 2 rings (SSSR count). The van der Waals surface area contributed by atoms with Crippen molar-refractivity contribution in [3.63, 3.8) is 0 Å². The number of carbonyl (C=O) groups is 1. The van der Waals surface area contributed by atoms with Gasteiger partial charge in [-0.1, -0.05) is 11.6 Å². The Kier molecular flexibility index (Phi) is 3.98. The van der Waals surface area contributed by atoms with Gasteiger partial charge in [0.2, 0.25) is 5.91 Å². The van der Waals surface area contributed by atoms with Crippen LogP contribution in [-0.4, -0.2) is 20.7 Å². The van der Waals surface area contributed by atoms with E-state index in [1.807, 2.05) is 0 Å². The number of nitrogens with zero attached hydrogens (tertiary/aromatic N) is 3. The van der Waals surface area contributed by atoms with Gasteiger partial charge in [-0.2, -0.15) is 5.10 Å². The van der Waals surface area contributed by atoms with Gasteiger partial charge in [0.1, 0.15) is 18.7 Å².